The van der Waals surface area contributed by atoms with E-state index >= 15 is 0 Å². The maximum Gasteiger partial charge on any atom is 0.335 e. The van der Waals surface area contributed by atoms with E-state index < -0.39 is 5.97 Å². The molecule has 0 aromatic heterocycles. The van der Waals surface area contributed by atoms with E-state index in [1.807, 2.05) is 18.2 Å². The molecule has 1 fully saturated rings. The fraction of sp³-hybridized carbons (Fsp3) is 0.222. The molecule has 1 aliphatic heterocycles. The molecule has 0 bridgehead atoms. The van der Waals surface area contributed by atoms with E-state index in [9.17, 15) is 9.59 Å². The van der Waals surface area contributed by atoms with E-state index in [0.29, 0.717) is 24.6 Å². The summed E-state index contributed by atoms with van der Waals surface area (Å²) < 4.78 is 0. The van der Waals surface area contributed by atoms with Gasteiger partial charge < -0.3 is 10.0 Å². The maximum absolute atomic E-state index is 12.5. The van der Waals surface area contributed by atoms with Crippen LogP contribution in [0.25, 0.3) is 0 Å². The molecule has 2 aromatic carbocycles. The minimum absolute atomic E-state index is 0.0958. The number of benzene rings is 2. The third-order valence-corrected chi connectivity index (χ3v) is 4.10. The Morgan fingerprint density at radius 2 is 1.73 bits per heavy atom. The van der Waals surface area contributed by atoms with Crippen molar-refractivity contribution in [3.05, 3.63) is 71.3 Å². The summed E-state index contributed by atoms with van der Waals surface area (Å²) in [6.07, 6.45) is 0.939. The number of carboxylic acid groups (broad SMARTS) is 1. The molecule has 0 saturated carbocycles. The van der Waals surface area contributed by atoms with Crippen molar-refractivity contribution >= 4 is 11.9 Å². The van der Waals surface area contributed by atoms with Crippen LogP contribution >= 0.6 is 0 Å². The molecule has 1 aliphatic rings. The zero-order valence-corrected chi connectivity index (χ0v) is 12.1. The van der Waals surface area contributed by atoms with Crippen LogP contribution in [0.5, 0.6) is 0 Å². The Balaban J connectivity index is 1.74. The Kier molecular flexibility index (Phi) is 3.92. The number of rotatable bonds is 3. The Bertz CT molecular complexity index is 696. The highest BCUT2D eigenvalue weighted by molar-refractivity contribution is 5.97. The summed E-state index contributed by atoms with van der Waals surface area (Å²) in [4.78, 5) is 25.3. The lowest BCUT2D eigenvalue weighted by Gasteiger charge is -2.17. The molecule has 0 radical (unpaired) electrons. The number of hydrogen-bond acceptors (Lipinski definition) is 2. The lowest BCUT2D eigenvalue weighted by Crippen LogP contribution is -2.28. The van der Waals surface area contributed by atoms with E-state index in [4.69, 9.17) is 5.11 Å². The molecule has 112 valence electrons. The molecule has 1 atom stereocenters. The van der Waals surface area contributed by atoms with Crippen LogP contribution in [0, 0.1) is 0 Å². The summed E-state index contributed by atoms with van der Waals surface area (Å²) in [5.41, 5.74) is 1.83. The Hall–Kier alpha value is -2.62. The zero-order chi connectivity index (χ0) is 15.5. The highest BCUT2D eigenvalue weighted by atomic mass is 16.4. The number of amides is 1. The standard InChI is InChI=1S/C18H17NO3/c20-17(14-7-4-8-15(11-14)18(21)22)19-10-9-16(12-19)13-5-2-1-3-6-13/h1-8,11,16H,9-10,12H2,(H,21,22). The molecular weight excluding hydrogens is 278 g/mol. The van der Waals surface area contributed by atoms with Crippen LogP contribution in [-0.4, -0.2) is 35.0 Å². The monoisotopic (exact) mass is 295 g/mol. The van der Waals surface area contributed by atoms with Crippen molar-refractivity contribution in [2.24, 2.45) is 0 Å². The SMILES string of the molecule is O=C(O)c1cccc(C(=O)N2CCC(c3ccccc3)C2)c1. The van der Waals surface area contributed by atoms with Gasteiger partial charge in [0.25, 0.3) is 5.91 Å². The Labute approximate surface area is 129 Å². The number of carbonyl (C=O) groups is 2. The third-order valence-electron chi connectivity index (χ3n) is 4.10. The Morgan fingerprint density at radius 1 is 1.00 bits per heavy atom. The Morgan fingerprint density at radius 3 is 2.45 bits per heavy atom. The van der Waals surface area contributed by atoms with Crippen LogP contribution in [0.4, 0.5) is 0 Å². The van der Waals surface area contributed by atoms with Gasteiger partial charge in [-0.25, -0.2) is 4.79 Å². The van der Waals surface area contributed by atoms with Gasteiger partial charge in [-0.15, -0.1) is 0 Å². The molecule has 4 heteroatoms. The van der Waals surface area contributed by atoms with Crippen LogP contribution in [0.3, 0.4) is 0 Å². The molecule has 0 spiro atoms. The molecule has 22 heavy (non-hydrogen) atoms. The molecule has 3 rings (SSSR count). The first kappa shape index (κ1) is 14.3. The normalized spacial score (nSPS) is 17.5. The second-order valence-electron chi connectivity index (χ2n) is 5.53. The third kappa shape index (κ3) is 2.86. The van der Waals surface area contributed by atoms with Gasteiger partial charge >= 0.3 is 5.97 Å². The molecule has 1 saturated heterocycles. The van der Waals surface area contributed by atoms with E-state index in [1.54, 1.807) is 17.0 Å². The van der Waals surface area contributed by atoms with Gasteiger partial charge in [0.2, 0.25) is 0 Å². The van der Waals surface area contributed by atoms with Crippen molar-refractivity contribution < 1.29 is 14.7 Å². The number of likely N-dealkylation sites (tertiary alicyclic amines) is 1. The van der Waals surface area contributed by atoms with E-state index in [-0.39, 0.29) is 11.5 Å². The first-order valence-corrected chi connectivity index (χ1v) is 7.33. The van der Waals surface area contributed by atoms with Gasteiger partial charge in [0.1, 0.15) is 0 Å². The van der Waals surface area contributed by atoms with E-state index in [2.05, 4.69) is 12.1 Å². The minimum atomic E-state index is -1.02. The minimum Gasteiger partial charge on any atom is -0.478 e. The molecule has 1 heterocycles. The van der Waals surface area contributed by atoms with Crippen LogP contribution in [-0.2, 0) is 0 Å². The van der Waals surface area contributed by atoms with Crippen LogP contribution in [0.2, 0.25) is 0 Å². The molecule has 1 N–H and O–H groups in total. The quantitative estimate of drug-likeness (QED) is 0.947. The zero-order valence-electron chi connectivity index (χ0n) is 12.1. The topological polar surface area (TPSA) is 57.6 Å². The largest absolute Gasteiger partial charge is 0.478 e. The van der Waals surface area contributed by atoms with Crippen molar-refractivity contribution in [2.45, 2.75) is 12.3 Å². The summed E-state index contributed by atoms with van der Waals surface area (Å²) in [7, 11) is 0. The molecule has 2 aromatic rings. The van der Waals surface area contributed by atoms with Crippen molar-refractivity contribution in [1.82, 2.24) is 4.90 Å². The van der Waals surface area contributed by atoms with Crippen molar-refractivity contribution in [3.8, 4) is 0 Å². The van der Waals surface area contributed by atoms with Gasteiger partial charge in [-0.1, -0.05) is 36.4 Å². The van der Waals surface area contributed by atoms with Crippen LogP contribution in [0.15, 0.2) is 54.6 Å². The number of aromatic carboxylic acids is 1. The number of nitrogens with zero attached hydrogens (tertiary/aromatic N) is 1. The van der Waals surface area contributed by atoms with Crippen LogP contribution in [0.1, 0.15) is 38.6 Å². The van der Waals surface area contributed by atoms with Gasteiger partial charge in [0.15, 0.2) is 0 Å². The average molecular weight is 295 g/mol. The van der Waals surface area contributed by atoms with Gasteiger partial charge in [-0.3, -0.25) is 4.79 Å². The second-order valence-corrected chi connectivity index (χ2v) is 5.53. The summed E-state index contributed by atoms with van der Waals surface area (Å²) in [5, 5.41) is 9.02. The van der Waals surface area contributed by atoms with Crippen molar-refractivity contribution in [1.29, 1.82) is 0 Å². The molecular formula is C18H17NO3. The second kappa shape index (κ2) is 6.02. The average Bonchev–Trinajstić information content (AvgIpc) is 3.05. The first-order chi connectivity index (χ1) is 10.6. The molecule has 1 unspecified atom stereocenters. The molecule has 0 aliphatic carbocycles. The number of carboxylic acids is 1. The lowest BCUT2D eigenvalue weighted by molar-refractivity contribution is 0.0697. The van der Waals surface area contributed by atoms with Crippen molar-refractivity contribution in [2.75, 3.05) is 13.1 Å². The highest BCUT2D eigenvalue weighted by Gasteiger charge is 2.28. The predicted octanol–water partition coefficient (Wildman–Crippen LogP) is 3.01. The fourth-order valence-corrected chi connectivity index (χ4v) is 2.91. The highest BCUT2D eigenvalue weighted by Crippen LogP contribution is 2.28. The molecule has 1 amide bonds. The lowest BCUT2D eigenvalue weighted by atomic mass is 9.99. The van der Waals surface area contributed by atoms with Gasteiger partial charge in [0, 0.05) is 24.6 Å². The summed E-state index contributed by atoms with van der Waals surface area (Å²) in [6, 6.07) is 16.4. The van der Waals surface area contributed by atoms with Gasteiger partial charge in [0.05, 0.1) is 5.56 Å². The van der Waals surface area contributed by atoms with E-state index in [0.717, 1.165) is 6.42 Å². The van der Waals surface area contributed by atoms with Gasteiger partial charge in [-0.05, 0) is 30.2 Å². The summed E-state index contributed by atoms with van der Waals surface area (Å²) in [6.45, 7) is 1.38. The smallest absolute Gasteiger partial charge is 0.335 e. The van der Waals surface area contributed by atoms with Crippen molar-refractivity contribution in [3.63, 3.8) is 0 Å². The molecule has 4 nitrogen and oxygen atoms in total. The number of hydrogen-bond donors (Lipinski definition) is 1. The predicted molar refractivity (Wildman–Crippen MR) is 83.1 cm³/mol. The summed E-state index contributed by atoms with van der Waals surface area (Å²) >= 11 is 0. The number of carbonyl (C=O) groups excluding carboxylic acids is 1. The maximum atomic E-state index is 12.5. The van der Waals surface area contributed by atoms with E-state index in [1.165, 1.54) is 17.7 Å². The first-order valence-electron chi connectivity index (χ1n) is 7.33. The van der Waals surface area contributed by atoms with Crippen LogP contribution < -0.4 is 0 Å². The summed E-state index contributed by atoms with van der Waals surface area (Å²) in [5.74, 6) is -0.757. The fourth-order valence-electron chi connectivity index (χ4n) is 2.91. The van der Waals surface area contributed by atoms with Gasteiger partial charge in [-0.2, -0.15) is 0 Å².